The van der Waals surface area contributed by atoms with Crippen molar-refractivity contribution in [2.45, 2.75) is 6.42 Å². The summed E-state index contributed by atoms with van der Waals surface area (Å²) in [4.78, 5) is 14.6. The van der Waals surface area contributed by atoms with Crippen LogP contribution in [0, 0.1) is 0 Å². The van der Waals surface area contributed by atoms with Crippen LogP contribution in [-0.2, 0) is 11.2 Å². The molecule has 0 saturated carbocycles. The van der Waals surface area contributed by atoms with Crippen molar-refractivity contribution in [1.82, 2.24) is 15.0 Å². The smallest absolute Gasteiger partial charge is 0.320 e. The van der Waals surface area contributed by atoms with E-state index in [4.69, 9.17) is 18.9 Å². The molecule has 1 saturated heterocycles. The first-order valence-corrected chi connectivity index (χ1v) is 12.1. The highest BCUT2D eigenvalue weighted by molar-refractivity contribution is 5.99. The summed E-state index contributed by atoms with van der Waals surface area (Å²) in [5.41, 5.74) is 6.14. The Morgan fingerprint density at radius 1 is 1.05 bits per heavy atom. The molecule has 3 heterocycles. The van der Waals surface area contributed by atoms with Crippen molar-refractivity contribution in [3.8, 4) is 17.5 Å². The van der Waals surface area contributed by atoms with E-state index >= 15 is 0 Å². The number of H-pyrrole nitrogens is 1. The summed E-state index contributed by atoms with van der Waals surface area (Å²) in [5, 5.41) is 5.52. The van der Waals surface area contributed by atoms with Crippen LogP contribution in [0.4, 0.5) is 11.6 Å². The largest absolute Gasteiger partial charge is 0.493 e. The number of ether oxygens (including phenoxy) is 4. The lowest BCUT2D eigenvalue weighted by atomic mass is 10.1. The fraction of sp³-hybridized carbons (Fsp3) is 0.296. The molecule has 192 valence electrons. The van der Waals surface area contributed by atoms with Gasteiger partial charge in [0.25, 0.3) is 0 Å². The molecule has 0 aliphatic carbocycles. The predicted octanol–water partition coefficient (Wildman–Crippen LogP) is 3.88. The number of aromatic amines is 1. The van der Waals surface area contributed by atoms with Crippen LogP contribution in [0.25, 0.3) is 10.9 Å². The van der Waals surface area contributed by atoms with E-state index in [0.717, 1.165) is 40.9 Å². The molecule has 2 aromatic carbocycles. The molecule has 10 nitrogen and oxygen atoms in total. The number of rotatable bonds is 10. The minimum absolute atomic E-state index is 0.286. The maximum absolute atomic E-state index is 5.97. The SMILES string of the molecule is COc1ccc(CCOc2nc(N/N=C/c3c[nH]c4ccccc34)cc(N3CCOCC3)n2)cc1OC. The van der Waals surface area contributed by atoms with E-state index in [1.165, 1.54) is 0 Å². The number of hydrazone groups is 1. The Bertz CT molecular complexity index is 1370. The van der Waals surface area contributed by atoms with E-state index in [2.05, 4.69) is 36.4 Å². The average Bonchev–Trinajstić information content (AvgIpc) is 3.36. The standard InChI is InChI=1S/C27H30N6O4/c1-34-23-8-7-19(15-24(23)35-2)9-12-37-27-30-25(16-26(31-27)33-10-13-36-14-11-33)32-29-18-20-17-28-22-6-4-3-5-21(20)22/h3-8,15-18,28H,9-14H2,1-2H3,(H,30,31,32)/b29-18+. The molecule has 1 aliphatic heterocycles. The highest BCUT2D eigenvalue weighted by Crippen LogP contribution is 2.28. The minimum atomic E-state index is 0.286. The van der Waals surface area contributed by atoms with Crippen molar-refractivity contribution < 1.29 is 18.9 Å². The third-order valence-electron chi connectivity index (χ3n) is 6.10. The fourth-order valence-corrected chi connectivity index (χ4v) is 4.15. The fourth-order valence-electron chi connectivity index (χ4n) is 4.15. The van der Waals surface area contributed by atoms with E-state index in [9.17, 15) is 0 Å². The first-order valence-electron chi connectivity index (χ1n) is 12.1. The van der Waals surface area contributed by atoms with Gasteiger partial charge >= 0.3 is 6.01 Å². The number of nitrogens with one attached hydrogen (secondary N) is 2. The first kappa shape index (κ1) is 24.4. The zero-order chi connectivity index (χ0) is 25.5. The second kappa shape index (κ2) is 11.6. The van der Waals surface area contributed by atoms with Crippen molar-refractivity contribution in [2.75, 3.05) is 57.5 Å². The lowest BCUT2D eigenvalue weighted by molar-refractivity contribution is 0.122. The quantitative estimate of drug-likeness (QED) is 0.249. The number of hydrogen-bond acceptors (Lipinski definition) is 9. The maximum Gasteiger partial charge on any atom is 0.320 e. The van der Waals surface area contributed by atoms with Crippen LogP contribution in [0.1, 0.15) is 11.1 Å². The summed E-state index contributed by atoms with van der Waals surface area (Å²) in [6, 6.07) is 16.1. The van der Waals surface area contributed by atoms with Crippen molar-refractivity contribution in [1.29, 1.82) is 0 Å². The molecule has 2 aromatic heterocycles. The number of methoxy groups -OCH3 is 2. The molecule has 0 atom stereocenters. The Kier molecular flexibility index (Phi) is 7.66. The lowest BCUT2D eigenvalue weighted by Crippen LogP contribution is -2.36. The van der Waals surface area contributed by atoms with Gasteiger partial charge in [-0.2, -0.15) is 15.1 Å². The molecule has 0 unspecified atom stereocenters. The van der Waals surface area contributed by atoms with Gasteiger partial charge in [-0.25, -0.2) is 0 Å². The maximum atomic E-state index is 5.97. The van der Waals surface area contributed by atoms with Crippen LogP contribution in [-0.4, -0.2) is 68.3 Å². The summed E-state index contributed by atoms with van der Waals surface area (Å²) in [7, 11) is 3.24. The molecule has 0 spiro atoms. The lowest BCUT2D eigenvalue weighted by Gasteiger charge is -2.28. The second-order valence-corrected chi connectivity index (χ2v) is 8.44. The van der Waals surface area contributed by atoms with Gasteiger partial charge < -0.3 is 28.8 Å². The number of aromatic nitrogens is 3. The average molecular weight is 503 g/mol. The molecule has 1 aliphatic rings. The van der Waals surface area contributed by atoms with Crippen molar-refractivity contribution in [3.63, 3.8) is 0 Å². The molecular weight excluding hydrogens is 472 g/mol. The predicted molar refractivity (Wildman–Crippen MR) is 143 cm³/mol. The van der Waals surface area contributed by atoms with Crippen molar-refractivity contribution in [3.05, 3.63) is 65.9 Å². The van der Waals surface area contributed by atoms with Crippen LogP contribution in [0.2, 0.25) is 0 Å². The summed E-state index contributed by atoms with van der Waals surface area (Å²) < 4.78 is 22.2. The molecule has 4 aromatic rings. The Morgan fingerprint density at radius 2 is 1.89 bits per heavy atom. The Morgan fingerprint density at radius 3 is 2.73 bits per heavy atom. The monoisotopic (exact) mass is 502 g/mol. The van der Waals surface area contributed by atoms with Gasteiger partial charge in [0.1, 0.15) is 5.82 Å². The Hall–Kier alpha value is -4.31. The zero-order valence-electron chi connectivity index (χ0n) is 20.9. The third kappa shape index (κ3) is 5.92. The summed E-state index contributed by atoms with van der Waals surface area (Å²) in [5.74, 6) is 2.70. The number of morpholine rings is 1. The van der Waals surface area contributed by atoms with Gasteiger partial charge in [-0.15, -0.1) is 0 Å². The molecule has 37 heavy (non-hydrogen) atoms. The van der Waals surface area contributed by atoms with E-state index in [-0.39, 0.29) is 6.01 Å². The minimum Gasteiger partial charge on any atom is -0.493 e. The molecule has 0 amide bonds. The second-order valence-electron chi connectivity index (χ2n) is 8.44. The van der Waals surface area contributed by atoms with Crippen molar-refractivity contribution in [2.24, 2.45) is 5.10 Å². The number of fused-ring (bicyclic) bond motifs is 1. The molecule has 10 heteroatoms. The Balaban J connectivity index is 1.30. The highest BCUT2D eigenvalue weighted by Gasteiger charge is 2.16. The number of anilines is 2. The Labute approximate surface area is 215 Å². The van der Waals surface area contributed by atoms with Crippen LogP contribution in [0.3, 0.4) is 0 Å². The van der Waals surface area contributed by atoms with E-state index < -0.39 is 0 Å². The highest BCUT2D eigenvalue weighted by atomic mass is 16.5. The van der Waals surface area contributed by atoms with E-state index in [0.29, 0.717) is 43.6 Å². The van der Waals surface area contributed by atoms with E-state index in [1.807, 2.05) is 48.7 Å². The number of benzene rings is 2. The van der Waals surface area contributed by atoms with Gasteiger partial charge in [0.15, 0.2) is 17.3 Å². The molecule has 5 rings (SSSR count). The summed E-state index contributed by atoms with van der Waals surface area (Å²) in [6.45, 7) is 3.21. The van der Waals surface area contributed by atoms with Crippen LogP contribution < -0.4 is 24.5 Å². The van der Waals surface area contributed by atoms with Gasteiger partial charge in [0.2, 0.25) is 0 Å². The van der Waals surface area contributed by atoms with Crippen LogP contribution in [0.5, 0.6) is 17.5 Å². The van der Waals surface area contributed by atoms with Gasteiger partial charge in [-0.3, -0.25) is 5.43 Å². The van der Waals surface area contributed by atoms with Gasteiger partial charge in [0, 0.05) is 48.2 Å². The number of para-hydroxylation sites is 1. The normalized spacial score (nSPS) is 13.7. The van der Waals surface area contributed by atoms with Crippen molar-refractivity contribution >= 4 is 28.8 Å². The van der Waals surface area contributed by atoms with Gasteiger partial charge in [-0.05, 0) is 23.8 Å². The molecule has 0 radical (unpaired) electrons. The van der Waals surface area contributed by atoms with Gasteiger partial charge in [-0.1, -0.05) is 24.3 Å². The number of hydrogen-bond donors (Lipinski definition) is 2. The molecule has 0 bridgehead atoms. The summed E-state index contributed by atoms with van der Waals surface area (Å²) >= 11 is 0. The first-order chi connectivity index (χ1) is 18.2. The van der Waals surface area contributed by atoms with Gasteiger partial charge in [0.05, 0.1) is 40.3 Å². The van der Waals surface area contributed by atoms with E-state index in [1.54, 1.807) is 20.4 Å². The van der Waals surface area contributed by atoms with Crippen LogP contribution >= 0.6 is 0 Å². The zero-order valence-corrected chi connectivity index (χ0v) is 20.9. The molecule has 1 fully saturated rings. The topological polar surface area (TPSA) is 106 Å². The van der Waals surface area contributed by atoms with Crippen LogP contribution in [0.15, 0.2) is 59.8 Å². The summed E-state index contributed by atoms with van der Waals surface area (Å²) in [6.07, 6.45) is 4.36. The molecular formula is C27H30N6O4. The number of nitrogens with zero attached hydrogens (tertiary/aromatic N) is 4. The molecule has 2 N–H and O–H groups in total. The third-order valence-corrected chi connectivity index (χ3v) is 6.10.